The van der Waals surface area contributed by atoms with Gasteiger partial charge in [-0.3, -0.25) is 14.9 Å². The number of carbonyl (C=O) groups excluding carboxylic acids is 2. The van der Waals surface area contributed by atoms with Crippen molar-refractivity contribution in [1.29, 1.82) is 0 Å². The van der Waals surface area contributed by atoms with Crippen molar-refractivity contribution in [2.75, 3.05) is 10.3 Å². The van der Waals surface area contributed by atoms with Crippen molar-refractivity contribution < 1.29 is 9.59 Å². The van der Waals surface area contributed by atoms with E-state index in [0.717, 1.165) is 26.9 Å². The molecule has 0 fully saturated rings. The molecule has 0 saturated heterocycles. The molecule has 3 aromatic rings. The number of aryl methyl sites for hydroxylation is 3. The Hall–Kier alpha value is -3.06. The van der Waals surface area contributed by atoms with E-state index in [4.69, 9.17) is 0 Å². The van der Waals surface area contributed by atoms with Gasteiger partial charge in [0.1, 0.15) is 5.71 Å². The number of nitrogens with one attached hydrogen (secondary N) is 1. The van der Waals surface area contributed by atoms with Gasteiger partial charge in [0.05, 0.1) is 15.9 Å². The standard InChI is InChI=1S/C21H20N4O2S/c1-12-4-6-14(3)17(10-12)25-19(26)9-8-16(24-25)20(27)23-21-22-15-7-5-13(2)11-18(15)28-21/h4-7,10-11H,8-9H2,1-3H3,(H,22,23,27). The lowest BCUT2D eigenvalue weighted by atomic mass is 10.1. The first kappa shape index (κ1) is 18.3. The van der Waals surface area contributed by atoms with Gasteiger partial charge in [-0.15, -0.1) is 0 Å². The van der Waals surface area contributed by atoms with Gasteiger partial charge in [0, 0.05) is 12.8 Å². The smallest absolute Gasteiger partial charge is 0.273 e. The number of thiazole rings is 1. The highest BCUT2D eigenvalue weighted by Gasteiger charge is 2.27. The summed E-state index contributed by atoms with van der Waals surface area (Å²) in [4.78, 5) is 29.6. The van der Waals surface area contributed by atoms with Gasteiger partial charge in [0.15, 0.2) is 5.13 Å². The molecule has 0 bridgehead atoms. The third-order valence-electron chi connectivity index (χ3n) is 4.65. The molecule has 1 aliphatic rings. The Kier molecular flexibility index (Phi) is 4.68. The van der Waals surface area contributed by atoms with Crippen molar-refractivity contribution in [1.82, 2.24) is 4.98 Å². The lowest BCUT2D eigenvalue weighted by molar-refractivity contribution is -0.118. The number of anilines is 2. The Balaban J connectivity index is 1.60. The number of hydrogen-bond acceptors (Lipinski definition) is 5. The Morgan fingerprint density at radius 1 is 1.07 bits per heavy atom. The number of nitrogens with zero attached hydrogens (tertiary/aromatic N) is 3. The van der Waals surface area contributed by atoms with Crippen LogP contribution in [0.5, 0.6) is 0 Å². The first-order valence-electron chi connectivity index (χ1n) is 9.07. The summed E-state index contributed by atoms with van der Waals surface area (Å²) in [5.41, 5.74) is 5.01. The van der Waals surface area contributed by atoms with Crippen LogP contribution in [0, 0.1) is 20.8 Å². The van der Waals surface area contributed by atoms with E-state index in [2.05, 4.69) is 15.4 Å². The summed E-state index contributed by atoms with van der Waals surface area (Å²) in [5.74, 6) is -0.431. The predicted octanol–water partition coefficient (Wildman–Crippen LogP) is 4.34. The zero-order valence-electron chi connectivity index (χ0n) is 15.9. The second-order valence-electron chi connectivity index (χ2n) is 6.99. The molecule has 1 aromatic heterocycles. The monoisotopic (exact) mass is 392 g/mol. The van der Waals surface area contributed by atoms with Crippen molar-refractivity contribution in [3.63, 3.8) is 0 Å². The fourth-order valence-corrected chi connectivity index (χ4v) is 4.07. The van der Waals surface area contributed by atoms with E-state index in [9.17, 15) is 9.59 Å². The van der Waals surface area contributed by atoms with Gasteiger partial charge in [-0.25, -0.2) is 9.99 Å². The topological polar surface area (TPSA) is 74.7 Å². The number of benzene rings is 2. The summed E-state index contributed by atoms with van der Waals surface area (Å²) in [6.45, 7) is 5.91. The molecule has 1 N–H and O–H groups in total. The van der Waals surface area contributed by atoms with Crippen LogP contribution < -0.4 is 10.3 Å². The van der Waals surface area contributed by atoms with Crippen molar-refractivity contribution in [2.24, 2.45) is 5.10 Å². The van der Waals surface area contributed by atoms with E-state index < -0.39 is 0 Å². The minimum absolute atomic E-state index is 0.110. The molecule has 0 unspecified atom stereocenters. The molecule has 2 heterocycles. The molecule has 1 aliphatic heterocycles. The maximum absolute atomic E-state index is 12.7. The van der Waals surface area contributed by atoms with E-state index in [0.29, 0.717) is 23.0 Å². The van der Waals surface area contributed by atoms with Crippen LogP contribution in [-0.2, 0) is 9.59 Å². The Bertz CT molecular complexity index is 1130. The number of hydrazone groups is 1. The quantitative estimate of drug-likeness (QED) is 0.720. The summed E-state index contributed by atoms with van der Waals surface area (Å²) < 4.78 is 1.02. The molecule has 0 spiro atoms. The molecule has 0 radical (unpaired) electrons. The Morgan fingerprint density at radius 3 is 2.64 bits per heavy atom. The largest absolute Gasteiger partial charge is 0.297 e. The number of hydrogen-bond donors (Lipinski definition) is 1. The first-order valence-corrected chi connectivity index (χ1v) is 9.88. The van der Waals surface area contributed by atoms with Crippen LogP contribution in [-0.4, -0.2) is 22.5 Å². The summed E-state index contributed by atoms with van der Waals surface area (Å²) in [6, 6.07) is 11.8. The van der Waals surface area contributed by atoms with Crippen LogP contribution in [0.3, 0.4) is 0 Å². The predicted molar refractivity (Wildman–Crippen MR) is 113 cm³/mol. The molecule has 0 atom stereocenters. The molecule has 6 nitrogen and oxygen atoms in total. The minimum atomic E-state index is -0.321. The fraction of sp³-hybridized carbons (Fsp3) is 0.238. The van der Waals surface area contributed by atoms with Crippen LogP contribution >= 0.6 is 11.3 Å². The van der Waals surface area contributed by atoms with E-state index in [1.54, 1.807) is 0 Å². The number of rotatable bonds is 3. The Morgan fingerprint density at radius 2 is 1.82 bits per heavy atom. The maximum atomic E-state index is 12.7. The van der Waals surface area contributed by atoms with Gasteiger partial charge < -0.3 is 0 Å². The molecule has 2 aromatic carbocycles. The normalized spacial score (nSPS) is 14.3. The van der Waals surface area contributed by atoms with Crippen LogP contribution in [0.25, 0.3) is 10.2 Å². The molecule has 4 rings (SSSR count). The zero-order valence-corrected chi connectivity index (χ0v) is 16.8. The second kappa shape index (κ2) is 7.16. The lowest BCUT2D eigenvalue weighted by Gasteiger charge is -2.24. The average molecular weight is 392 g/mol. The second-order valence-corrected chi connectivity index (χ2v) is 8.02. The van der Waals surface area contributed by atoms with E-state index in [-0.39, 0.29) is 18.2 Å². The Labute approximate surface area is 166 Å². The van der Waals surface area contributed by atoms with Gasteiger partial charge in [-0.2, -0.15) is 5.10 Å². The SMILES string of the molecule is Cc1ccc(C)c(N2N=C(C(=O)Nc3nc4ccc(C)cc4s3)CCC2=O)c1. The summed E-state index contributed by atoms with van der Waals surface area (Å²) in [5, 5.41) is 9.08. The van der Waals surface area contributed by atoms with Crippen molar-refractivity contribution in [3.05, 3.63) is 53.1 Å². The minimum Gasteiger partial charge on any atom is -0.297 e. The molecular formula is C21H20N4O2S. The van der Waals surface area contributed by atoms with Gasteiger partial charge in [0.2, 0.25) is 5.91 Å². The van der Waals surface area contributed by atoms with E-state index in [1.807, 2.05) is 57.2 Å². The third kappa shape index (κ3) is 3.53. The van der Waals surface area contributed by atoms with Crippen LogP contribution in [0.2, 0.25) is 0 Å². The summed E-state index contributed by atoms with van der Waals surface area (Å²) in [7, 11) is 0. The third-order valence-corrected chi connectivity index (χ3v) is 5.59. The van der Waals surface area contributed by atoms with Gasteiger partial charge in [0.25, 0.3) is 5.91 Å². The molecule has 0 saturated carbocycles. The average Bonchev–Trinajstić information content (AvgIpc) is 3.05. The summed E-state index contributed by atoms with van der Waals surface area (Å²) in [6.07, 6.45) is 0.564. The van der Waals surface area contributed by atoms with Crippen molar-refractivity contribution >= 4 is 49.9 Å². The van der Waals surface area contributed by atoms with Gasteiger partial charge in [-0.1, -0.05) is 29.5 Å². The van der Waals surface area contributed by atoms with Crippen molar-refractivity contribution in [3.8, 4) is 0 Å². The maximum Gasteiger partial charge on any atom is 0.273 e. The van der Waals surface area contributed by atoms with E-state index >= 15 is 0 Å². The first-order chi connectivity index (χ1) is 13.4. The van der Waals surface area contributed by atoms with Gasteiger partial charge >= 0.3 is 0 Å². The van der Waals surface area contributed by atoms with E-state index in [1.165, 1.54) is 16.3 Å². The molecule has 142 valence electrons. The van der Waals surface area contributed by atoms with Crippen LogP contribution in [0.15, 0.2) is 41.5 Å². The molecule has 7 heteroatoms. The number of aromatic nitrogens is 1. The summed E-state index contributed by atoms with van der Waals surface area (Å²) >= 11 is 1.43. The highest BCUT2D eigenvalue weighted by molar-refractivity contribution is 7.22. The molecule has 0 aliphatic carbocycles. The molecule has 2 amide bonds. The lowest BCUT2D eigenvalue weighted by Crippen LogP contribution is -2.36. The van der Waals surface area contributed by atoms with Gasteiger partial charge in [-0.05, 0) is 55.7 Å². The number of amides is 2. The van der Waals surface area contributed by atoms with Crippen LogP contribution in [0.1, 0.15) is 29.5 Å². The van der Waals surface area contributed by atoms with Crippen molar-refractivity contribution in [2.45, 2.75) is 33.6 Å². The highest BCUT2D eigenvalue weighted by atomic mass is 32.1. The highest BCUT2D eigenvalue weighted by Crippen LogP contribution is 2.28. The molecule has 28 heavy (non-hydrogen) atoms. The number of fused-ring (bicyclic) bond motifs is 1. The number of carbonyl (C=O) groups is 2. The van der Waals surface area contributed by atoms with Crippen LogP contribution in [0.4, 0.5) is 10.8 Å². The zero-order chi connectivity index (χ0) is 19.8. The molecular weight excluding hydrogens is 372 g/mol. The fourth-order valence-electron chi connectivity index (χ4n) is 3.11.